The zero-order chi connectivity index (χ0) is 16.2. The molecule has 2 heterocycles. The van der Waals surface area contributed by atoms with Crippen LogP contribution in [0, 0.1) is 10.5 Å². The Kier molecular flexibility index (Phi) is 5.12. The number of halogens is 1. The Labute approximate surface area is 149 Å². The summed E-state index contributed by atoms with van der Waals surface area (Å²) in [4.78, 5) is 19.2. The number of benzene rings is 1. The lowest BCUT2D eigenvalue weighted by Crippen LogP contribution is -2.38. The highest BCUT2D eigenvalue weighted by Crippen LogP contribution is 2.21. The molecule has 6 heteroatoms. The highest BCUT2D eigenvalue weighted by Gasteiger charge is 2.20. The molecule has 120 valence electrons. The number of anilines is 2. The predicted molar refractivity (Wildman–Crippen MR) is 99.1 cm³/mol. The van der Waals surface area contributed by atoms with E-state index in [1.807, 2.05) is 31.2 Å². The van der Waals surface area contributed by atoms with E-state index in [2.05, 4.69) is 37.8 Å². The summed E-state index contributed by atoms with van der Waals surface area (Å²) >= 11 is 2.27. The van der Waals surface area contributed by atoms with Gasteiger partial charge in [0.1, 0.15) is 5.82 Å². The Bertz CT molecular complexity index is 715. The molecule has 1 fully saturated rings. The molecule has 0 unspecified atom stereocenters. The lowest BCUT2D eigenvalue weighted by atomic mass is 10.2. The van der Waals surface area contributed by atoms with Crippen molar-refractivity contribution in [2.24, 2.45) is 0 Å². The second kappa shape index (κ2) is 7.27. The molecule has 1 amide bonds. The highest BCUT2D eigenvalue weighted by atomic mass is 127. The second-order valence-electron chi connectivity index (χ2n) is 5.39. The van der Waals surface area contributed by atoms with Gasteiger partial charge in [0.2, 0.25) is 0 Å². The Morgan fingerprint density at radius 2 is 2.09 bits per heavy atom. The molecule has 1 aliphatic heterocycles. The lowest BCUT2D eigenvalue weighted by molar-refractivity contribution is 0.102. The van der Waals surface area contributed by atoms with E-state index in [1.54, 1.807) is 12.3 Å². The maximum absolute atomic E-state index is 12.7. The molecule has 0 aliphatic carbocycles. The van der Waals surface area contributed by atoms with Crippen LogP contribution in [-0.4, -0.2) is 37.2 Å². The van der Waals surface area contributed by atoms with Crippen LogP contribution in [0.2, 0.25) is 0 Å². The molecular formula is C17H18IN3O2. The first-order valence-electron chi connectivity index (χ1n) is 7.50. The van der Waals surface area contributed by atoms with E-state index in [0.717, 1.165) is 28.2 Å². The van der Waals surface area contributed by atoms with Crippen LogP contribution in [0.3, 0.4) is 0 Å². The van der Waals surface area contributed by atoms with Gasteiger partial charge < -0.3 is 15.0 Å². The summed E-state index contributed by atoms with van der Waals surface area (Å²) < 4.78 is 6.50. The fraction of sp³-hybridized carbons (Fsp3) is 0.294. The molecule has 0 atom stereocenters. The Hall–Kier alpha value is -1.67. The van der Waals surface area contributed by atoms with Crippen LogP contribution in [0.25, 0.3) is 0 Å². The smallest absolute Gasteiger partial charge is 0.259 e. The molecule has 0 radical (unpaired) electrons. The molecule has 0 bridgehead atoms. The van der Waals surface area contributed by atoms with Gasteiger partial charge in [-0.25, -0.2) is 4.98 Å². The van der Waals surface area contributed by atoms with Crippen LogP contribution in [0.1, 0.15) is 15.9 Å². The second-order valence-corrected chi connectivity index (χ2v) is 6.55. The fourth-order valence-corrected chi connectivity index (χ4v) is 2.99. The average molecular weight is 423 g/mol. The minimum atomic E-state index is -0.140. The third kappa shape index (κ3) is 3.81. The molecule has 1 aliphatic rings. The molecule has 0 spiro atoms. The van der Waals surface area contributed by atoms with E-state index in [4.69, 9.17) is 4.74 Å². The van der Waals surface area contributed by atoms with Gasteiger partial charge in [-0.1, -0.05) is 6.07 Å². The normalized spacial score (nSPS) is 14.6. The number of aromatic nitrogens is 1. The Morgan fingerprint density at radius 1 is 1.30 bits per heavy atom. The van der Waals surface area contributed by atoms with Gasteiger partial charge in [0.25, 0.3) is 5.91 Å². The van der Waals surface area contributed by atoms with Gasteiger partial charge in [0.15, 0.2) is 0 Å². The standard InChI is InChI=1S/C17H18IN3O2/c1-12-4-5-13(11-15(12)18)20-17(22)14-3-2-6-19-16(14)21-7-9-23-10-8-21/h2-6,11H,7-10H2,1H3,(H,20,22). The third-order valence-electron chi connectivity index (χ3n) is 3.77. The molecule has 2 aromatic rings. The Morgan fingerprint density at radius 3 is 2.83 bits per heavy atom. The van der Waals surface area contributed by atoms with Crippen molar-refractivity contribution in [1.29, 1.82) is 0 Å². The van der Waals surface area contributed by atoms with E-state index in [0.29, 0.717) is 18.8 Å². The van der Waals surface area contributed by atoms with Crippen molar-refractivity contribution in [3.05, 3.63) is 51.2 Å². The van der Waals surface area contributed by atoms with Crippen LogP contribution in [-0.2, 0) is 4.74 Å². The maximum atomic E-state index is 12.7. The number of hydrogen-bond donors (Lipinski definition) is 1. The van der Waals surface area contributed by atoms with Crippen LogP contribution in [0.15, 0.2) is 36.5 Å². The highest BCUT2D eigenvalue weighted by molar-refractivity contribution is 14.1. The summed E-state index contributed by atoms with van der Waals surface area (Å²) in [5.74, 6) is 0.578. The average Bonchev–Trinajstić information content (AvgIpc) is 2.59. The van der Waals surface area contributed by atoms with E-state index in [1.165, 1.54) is 5.56 Å². The number of ether oxygens (including phenoxy) is 1. The van der Waals surface area contributed by atoms with Crippen LogP contribution < -0.4 is 10.2 Å². The minimum absolute atomic E-state index is 0.140. The monoisotopic (exact) mass is 423 g/mol. The summed E-state index contributed by atoms with van der Waals surface area (Å²) in [6.07, 6.45) is 1.72. The Balaban J connectivity index is 1.83. The van der Waals surface area contributed by atoms with E-state index >= 15 is 0 Å². The summed E-state index contributed by atoms with van der Waals surface area (Å²) in [6, 6.07) is 9.49. The van der Waals surface area contributed by atoms with E-state index in [9.17, 15) is 4.79 Å². The van der Waals surface area contributed by atoms with Crippen molar-refractivity contribution in [3.8, 4) is 0 Å². The summed E-state index contributed by atoms with van der Waals surface area (Å²) in [7, 11) is 0. The van der Waals surface area contributed by atoms with Gasteiger partial charge in [-0.05, 0) is 59.3 Å². The zero-order valence-corrected chi connectivity index (χ0v) is 15.0. The largest absolute Gasteiger partial charge is 0.378 e. The molecule has 1 saturated heterocycles. The van der Waals surface area contributed by atoms with Gasteiger partial charge in [-0.15, -0.1) is 0 Å². The predicted octanol–water partition coefficient (Wildman–Crippen LogP) is 3.08. The van der Waals surface area contributed by atoms with Gasteiger partial charge in [0, 0.05) is 28.5 Å². The molecule has 5 nitrogen and oxygen atoms in total. The van der Waals surface area contributed by atoms with Crippen LogP contribution in [0.4, 0.5) is 11.5 Å². The number of hydrogen-bond acceptors (Lipinski definition) is 4. The number of carbonyl (C=O) groups excluding carboxylic acids is 1. The summed E-state index contributed by atoms with van der Waals surface area (Å²) in [5, 5.41) is 2.96. The van der Waals surface area contributed by atoms with Crippen LogP contribution >= 0.6 is 22.6 Å². The molecule has 23 heavy (non-hydrogen) atoms. The number of morpholine rings is 1. The van der Waals surface area contributed by atoms with Crippen LogP contribution in [0.5, 0.6) is 0 Å². The van der Waals surface area contributed by atoms with E-state index < -0.39 is 0 Å². The van der Waals surface area contributed by atoms with Gasteiger partial charge in [-0.3, -0.25) is 4.79 Å². The molecule has 3 rings (SSSR count). The van der Waals surface area contributed by atoms with Crippen molar-refractivity contribution < 1.29 is 9.53 Å². The number of carbonyl (C=O) groups is 1. The molecule has 1 aromatic carbocycles. The van der Waals surface area contributed by atoms with Gasteiger partial charge in [0.05, 0.1) is 18.8 Å². The molecule has 1 aromatic heterocycles. The maximum Gasteiger partial charge on any atom is 0.259 e. The number of nitrogens with one attached hydrogen (secondary N) is 1. The first-order chi connectivity index (χ1) is 11.1. The number of amides is 1. The van der Waals surface area contributed by atoms with Gasteiger partial charge >= 0.3 is 0 Å². The minimum Gasteiger partial charge on any atom is -0.378 e. The van der Waals surface area contributed by atoms with E-state index in [-0.39, 0.29) is 5.91 Å². The SMILES string of the molecule is Cc1ccc(NC(=O)c2cccnc2N2CCOCC2)cc1I. The quantitative estimate of drug-likeness (QED) is 0.772. The molecule has 1 N–H and O–H groups in total. The van der Waals surface area contributed by atoms with Crippen molar-refractivity contribution in [2.75, 3.05) is 36.5 Å². The lowest BCUT2D eigenvalue weighted by Gasteiger charge is -2.29. The molecular weight excluding hydrogens is 405 g/mol. The third-order valence-corrected chi connectivity index (χ3v) is 4.93. The van der Waals surface area contributed by atoms with Crippen molar-refractivity contribution in [3.63, 3.8) is 0 Å². The number of pyridine rings is 1. The molecule has 0 saturated carbocycles. The number of rotatable bonds is 3. The first-order valence-corrected chi connectivity index (χ1v) is 8.58. The van der Waals surface area contributed by atoms with Gasteiger partial charge in [-0.2, -0.15) is 0 Å². The fourth-order valence-electron chi connectivity index (χ4n) is 2.47. The topological polar surface area (TPSA) is 54.5 Å². The summed E-state index contributed by atoms with van der Waals surface area (Å²) in [5.41, 5.74) is 2.57. The number of aryl methyl sites for hydroxylation is 1. The van der Waals surface area contributed by atoms with Crippen molar-refractivity contribution in [2.45, 2.75) is 6.92 Å². The zero-order valence-electron chi connectivity index (χ0n) is 12.9. The van der Waals surface area contributed by atoms with Crippen molar-refractivity contribution >= 4 is 40.0 Å². The number of nitrogens with zero attached hydrogens (tertiary/aromatic N) is 2. The first kappa shape index (κ1) is 16.2. The van der Waals surface area contributed by atoms with Crippen molar-refractivity contribution in [1.82, 2.24) is 4.98 Å². The summed E-state index contributed by atoms with van der Waals surface area (Å²) in [6.45, 7) is 4.87.